The first-order valence-electron chi connectivity index (χ1n) is 7.61. The Kier molecular flexibility index (Phi) is 4.88. The van der Waals surface area contributed by atoms with Crippen LogP contribution in [-0.4, -0.2) is 18.4 Å². The molecule has 0 saturated carbocycles. The third-order valence-corrected chi connectivity index (χ3v) is 4.54. The molecule has 0 spiro atoms. The fourth-order valence-corrected chi connectivity index (χ4v) is 3.17. The van der Waals surface area contributed by atoms with Crippen LogP contribution in [0.25, 0.3) is 6.08 Å². The van der Waals surface area contributed by atoms with Crippen molar-refractivity contribution in [1.29, 1.82) is 0 Å². The lowest BCUT2D eigenvalue weighted by atomic mass is 10.2. The Hall–Kier alpha value is -2.40. The van der Waals surface area contributed by atoms with Crippen LogP contribution < -0.4 is 10.2 Å². The van der Waals surface area contributed by atoms with Gasteiger partial charge in [-0.05, 0) is 41.6 Å². The van der Waals surface area contributed by atoms with E-state index in [-0.39, 0.29) is 11.8 Å². The predicted molar refractivity (Wildman–Crippen MR) is 93.2 cm³/mol. The third-order valence-electron chi connectivity index (χ3n) is 3.70. The number of amides is 2. The molecule has 1 saturated heterocycles. The minimum absolute atomic E-state index is 0.124. The zero-order valence-electron chi connectivity index (χ0n) is 12.7. The van der Waals surface area contributed by atoms with E-state index in [1.807, 2.05) is 46.7 Å². The van der Waals surface area contributed by atoms with Gasteiger partial charge in [0, 0.05) is 36.2 Å². The largest absolute Gasteiger partial charge is 0.348 e. The highest BCUT2D eigenvalue weighted by molar-refractivity contribution is 7.10. The number of rotatable bonds is 5. The zero-order chi connectivity index (χ0) is 16.1. The van der Waals surface area contributed by atoms with Crippen molar-refractivity contribution in [2.24, 2.45) is 0 Å². The Bertz CT molecular complexity index is 722. The van der Waals surface area contributed by atoms with Crippen LogP contribution in [0.3, 0.4) is 0 Å². The number of carbonyl (C=O) groups excluding carboxylic acids is 2. The summed E-state index contributed by atoms with van der Waals surface area (Å²) in [5, 5.41) is 4.84. The van der Waals surface area contributed by atoms with Crippen LogP contribution in [0.2, 0.25) is 0 Å². The maximum absolute atomic E-state index is 11.8. The molecule has 1 aromatic carbocycles. The van der Waals surface area contributed by atoms with E-state index in [0.717, 1.165) is 29.1 Å². The molecule has 1 aromatic heterocycles. The first kappa shape index (κ1) is 15.5. The van der Waals surface area contributed by atoms with Crippen LogP contribution in [0.15, 0.2) is 47.9 Å². The number of benzene rings is 1. The Balaban J connectivity index is 1.58. The fraction of sp³-hybridized carbons (Fsp3) is 0.222. The molecule has 1 aliphatic rings. The molecule has 1 aliphatic heterocycles. The normalized spacial score (nSPS) is 14.6. The molecular weight excluding hydrogens is 308 g/mol. The van der Waals surface area contributed by atoms with E-state index in [1.54, 1.807) is 23.5 Å². The second kappa shape index (κ2) is 7.24. The summed E-state index contributed by atoms with van der Waals surface area (Å²) in [5.41, 5.74) is 1.90. The molecule has 0 unspecified atom stereocenters. The topological polar surface area (TPSA) is 49.4 Å². The standard InChI is InChI=1S/C18H18N2O2S/c21-17(9-8-16-6-3-11-23-16)19-13-14-4-1-5-15(12-14)20-10-2-7-18(20)22/h1,3-6,8-9,11-12H,2,7,10,13H2,(H,19,21)/b9-8+. The molecule has 2 aromatic rings. The highest BCUT2D eigenvalue weighted by atomic mass is 32.1. The fourth-order valence-electron chi connectivity index (χ4n) is 2.55. The van der Waals surface area contributed by atoms with Gasteiger partial charge in [-0.3, -0.25) is 9.59 Å². The monoisotopic (exact) mass is 326 g/mol. The molecule has 1 N–H and O–H groups in total. The molecule has 0 aliphatic carbocycles. The van der Waals surface area contributed by atoms with E-state index in [9.17, 15) is 9.59 Å². The smallest absolute Gasteiger partial charge is 0.244 e. The SMILES string of the molecule is O=C(/C=C/c1cccs1)NCc1cccc(N2CCCC2=O)c1. The summed E-state index contributed by atoms with van der Waals surface area (Å²) in [4.78, 5) is 26.5. The second-order valence-corrected chi connectivity index (χ2v) is 6.36. The Morgan fingerprint density at radius 3 is 2.96 bits per heavy atom. The number of thiophene rings is 1. The van der Waals surface area contributed by atoms with E-state index in [2.05, 4.69) is 5.32 Å². The average Bonchev–Trinajstić information content (AvgIpc) is 3.22. The van der Waals surface area contributed by atoms with E-state index in [4.69, 9.17) is 0 Å². The lowest BCUT2D eigenvalue weighted by Gasteiger charge is -2.16. The molecule has 0 radical (unpaired) electrons. The summed E-state index contributed by atoms with van der Waals surface area (Å²) in [6.45, 7) is 1.22. The minimum atomic E-state index is -0.124. The molecule has 118 valence electrons. The van der Waals surface area contributed by atoms with Crippen molar-refractivity contribution in [2.75, 3.05) is 11.4 Å². The minimum Gasteiger partial charge on any atom is -0.348 e. The van der Waals surface area contributed by atoms with Crippen LogP contribution in [0.5, 0.6) is 0 Å². The molecule has 1 fully saturated rings. The van der Waals surface area contributed by atoms with Gasteiger partial charge in [-0.25, -0.2) is 0 Å². The quantitative estimate of drug-likeness (QED) is 0.858. The van der Waals surface area contributed by atoms with Crippen molar-refractivity contribution in [1.82, 2.24) is 5.32 Å². The zero-order valence-corrected chi connectivity index (χ0v) is 13.5. The first-order valence-corrected chi connectivity index (χ1v) is 8.49. The van der Waals surface area contributed by atoms with Gasteiger partial charge in [0.25, 0.3) is 0 Å². The van der Waals surface area contributed by atoms with Crippen molar-refractivity contribution in [3.05, 3.63) is 58.3 Å². The van der Waals surface area contributed by atoms with Crippen LogP contribution in [0, 0.1) is 0 Å². The second-order valence-electron chi connectivity index (χ2n) is 5.39. The highest BCUT2D eigenvalue weighted by Gasteiger charge is 2.21. The molecule has 3 rings (SSSR count). The van der Waals surface area contributed by atoms with Crippen LogP contribution in [0.1, 0.15) is 23.3 Å². The summed E-state index contributed by atoms with van der Waals surface area (Å²) in [6.07, 6.45) is 4.88. The van der Waals surface area contributed by atoms with E-state index in [1.165, 1.54) is 0 Å². The summed E-state index contributed by atoms with van der Waals surface area (Å²) >= 11 is 1.59. The molecule has 0 atom stereocenters. The number of nitrogens with zero attached hydrogens (tertiary/aromatic N) is 1. The van der Waals surface area contributed by atoms with Gasteiger partial charge in [-0.15, -0.1) is 11.3 Å². The lowest BCUT2D eigenvalue weighted by molar-refractivity contribution is -0.117. The number of hydrogen-bond donors (Lipinski definition) is 1. The Morgan fingerprint density at radius 1 is 1.30 bits per heavy atom. The van der Waals surface area contributed by atoms with Crippen molar-refractivity contribution in [2.45, 2.75) is 19.4 Å². The number of hydrogen-bond acceptors (Lipinski definition) is 3. The van der Waals surface area contributed by atoms with Gasteiger partial charge in [0.15, 0.2) is 0 Å². The van der Waals surface area contributed by atoms with Gasteiger partial charge >= 0.3 is 0 Å². The van der Waals surface area contributed by atoms with Crippen molar-refractivity contribution < 1.29 is 9.59 Å². The lowest BCUT2D eigenvalue weighted by Crippen LogP contribution is -2.24. The molecule has 4 nitrogen and oxygen atoms in total. The van der Waals surface area contributed by atoms with Crippen molar-refractivity contribution in [3.63, 3.8) is 0 Å². The van der Waals surface area contributed by atoms with Gasteiger partial charge in [0.2, 0.25) is 11.8 Å². The van der Waals surface area contributed by atoms with Gasteiger partial charge < -0.3 is 10.2 Å². The average molecular weight is 326 g/mol. The Labute approximate surface area is 139 Å². The maximum Gasteiger partial charge on any atom is 0.244 e. The Morgan fingerprint density at radius 2 is 2.22 bits per heavy atom. The van der Waals surface area contributed by atoms with Gasteiger partial charge in [-0.2, -0.15) is 0 Å². The number of nitrogens with one attached hydrogen (secondary N) is 1. The van der Waals surface area contributed by atoms with Crippen molar-refractivity contribution in [3.8, 4) is 0 Å². The maximum atomic E-state index is 11.8. The van der Waals surface area contributed by atoms with Crippen LogP contribution >= 0.6 is 11.3 Å². The van der Waals surface area contributed by atoms with Crippen LogP contribution in [0.4, 0.5) is 5.69 Å². The highest BCUT2D eigenvalue weighted by Crippen LogP contribution is 2.22. The summed E-state index contributed by atoms with van der Waals surface area (Å²) in [7, 11) is 0. The van der Waals surface area contributed by atoms with Gasteiger partial charge in [0.05, 0.1) is 0 Å². The van der Waals surface area contributed by atoms with E-state index < -0.39 is 0 Å². The molecule has 0 bridgehead atoms. The van der Waals surface area contributed by atoms with Gasteiger partial charge in [-0.1, -0.05) is 18.2 Å². The van der Waals surface area contributed by atoms with Crippen LogP contribution in [-0.2, 0) is 16.1 Å². The third kappa shape index (κ3) is 4.07. The first-order chi connectivity index (χ1) is 11.2. The summed E-state index contributed by atoms with van der Waals surface area (Å²) in [5.74, 6) is 0.0473. The number of carbonyl (C=O) groups is 2. The number of anilines is 1. The van der Waals surface area contributed by atoms with Gasteiger partial charge in [0.1, 0.15) is 0 Å². The molecule has 5 heteroatoms. The van der Waals surface area contributed by atoms with E-state index >= 15 is 0 Å². The summed E-state index contributed by atoms with van der Waals surface area (Å²) < 4.78 is 0. The molecule has 2 heterocycles. The van der Waals surface area contributed by atoms with Crippen molar-refractivity contribution >= 4 is 34.9 Å². The summed E-state index contributed by atoms with van der Waals surface area (Å²) in [6, 6.07) is 11.7. The molecular formula is C18H18N2O2S. The predicted octanol–water partition coefficient (Wildman–Crippen LogP) is 3.20. The molecule has 23 heavy (non-hydrogen) atoms. The molecule has 2 amide bonds. The van der Waals surface area contributed by atoms with E-state index in [0.29, 0.717) is 13.0 Å².